The number of allylic oxidation sites excluding steroid dienone is 1. The summed E-state index contributed by atoms with van der Waals surface area (Å²) in [5.74, 6) is -0.978. The van der Waals surface area contributed by atoms with Crippen molar-refractivity contribution in [2.24, 2.45) is 5.92 Å². The number of aryl methyl sites for hydroxylation is 2. The van der Waals surface area contributed by atoms with Crippen molar-refractivity contribution in [1.29, 1.82) is 0 Å². The van der Waals surface area contributed by atoms with Crippen LogP contribution >= 0.6 is 0 Å². The number of amides is 2. The molecule has 2 aromatic carbocycles. The van der Waals surface area contributed by atoms with Gasteiger partial charge in [-0.1, -0.05) is 48.6 Å². The second kappa shape index (κ2) is 11.0. The molecule has 9 nitrogen and oxygen atoms in total. The molecule has 2 atom stereocenters. The van der Waals surface area contributed by atoms with E-state index in [0.717, 1.165) is 16.9 Å². The first-order valence-electron chi connectivity index (χ1n) is 13.3. The van der Waals surface area contributed by atoms with Crippen LogP contribution in [0.4, 0.5) is 17.1 Å². The summed E-state index contributed by atoms with van der Waals surface area (Å²) in [6, 6.07) is 13.2. The number of aromatic nitrogens is 3. The van der Waals surface area contributed by atoms with Crippen molar-refractivity contribution in [2.75, 3.05) is 23.0 Å². The summed E-state index contributed by atoms with van der Waals surface area (Å²) < 4.78 is 1.70. The lowest BCUT2D eigenvalue weighted by Crippen LogP contribution is -2.44. The minimum absolute atomic E-state index is 0.0207. The van der Waals surface area contributed by atoms with E-state index in [-0.39, 0.29) is 19.1 Å². The molecule has 0 saturated carbocycles. The Morgan fingerprint density at radius 1 is 1.15 bits per heavy atom. The van der Waals surface area contributed by atoms with E-state index in [4.69, 9.17) is 5.11 Å². The molecule has 5 rings (SSSR count). The van der Waals surface area contributed by atoms with Crippen LogP contribution in [0.5, 0.6) is 0 Å². The largest absolute Gasteiger partial charge is 0.396 e. The lowest BCUT2D eigenvalue weighted by Gasteiger charge is -2.31. The maximum Gasteiger partial charge on any atom is 0.264 e. The van der Waals surface area contributed by atoms with Gasteiger partial charge in [0.1, 0.15) is 0 Å². The van der Waals surface area contributed by atoms with Crippen molar-refractivity contribution in [2.45, 2.75) is 44.8 Å². The Labute approximate surface area is 227 Å². The van der Waals surface area contributed by atoms with E-state index in [1.807, 2.05) is 49.4 Å². The third-order valence-corrected chi connectivity index (χ3v) is 7.48. The maximum atomic E-state index is 13.7. The molecule has 2 amide bonds. The Hall–Kier alpha value is -4.08. The number of carbonyl (C=O) groups excluding carboxylic acids is 2. The number of carbonyl (C=O) groups is 2. The highest BCUT2D eigenvalue weighted by molar-refractivity contribution is 6.09. The zero-order valence-corrected chi connectivity index (χ0v) is 22.0. The molecule has 3 aromatic rings. The minimum Gasteiger partial charge on any atom is -0.396 e. The fourth-order valence-electron chi connectivity index (χ4n) is 5.42. The number of hydrogen-bond acceptors (Lipinski definition) is 6. The van der Waals surface area contributed by atoms with Gasteiger partial charge in [-0.05, 0) is 42.7 Å². The third-order valence-electron chi connectivity index (χ3n) is 7.48. The molecule has 0 spiro atoms. The molecule has 3 heterocycles. The van der Waals surface area contributed by atoms with Crippen LogP contribution in [0.25, 0.3) is 0 Å². The quantitative estimate of drug-likeness (QED) is 0.391. The average Bonchev–Trinajstić information content (AvgIpc) is 3.48. The first-order chi connectivity index (χ1) is 18.9. The number of nitrogens with zero attached hydrogens (tertiary/aromatic N) is 5. The molecule has 2 aliphatic rings. The van der Waals surface area contributed by atoms with E-state index < -0.39 is 17.4 Å². The van der Waals surface area contributed by atoms with Crippen LogP contribution in [-0.4, -0.2) is 50.2 Å². The van der Waals surface area contributed by atoms with Gasteiger partial charge < -0.3 is 15.1 Å². The standard InChI is InChI=1S/C30H33N5O4/c1-3-16-34-27-13-12-24(35-26-10-5-4-9-22(26)11-14-28(35)37)19-25(27)30(39,29(34)38)21(2)8-6-7-17-33-20-23(15-18-36)31-32-33/h3-6,8-10,12-13,19-21,36,39H,1,7,11,14-18H2,2H3/b8-6+/t21-,30+/m0/s1. The Morgan fingerprint density at radius 2 is 1.97 bits per heavy atom. The molecule has 0 unspecified atom stereocenters. The lowest BCUT2D eigenvalue weighted by molar-refractivity contribution is -0.139. The van der Waals surface area contributed by atoms with Crippen molar-refractivity contribution in [3.63, 3.8) is 0 Å². The number of rotatable bonds is 10. The molecule has 1 aromatic heterocycles. The predicted molar refractivity (Wildman–Crippen MR) is 149 cm³/mol. The van der Waals surface area contributed by atoms with Crippen molar-refractivity contribution < 1.29 is 19.8 Å². The third kappa shape index (κ3) is 4.79. The van der Waals surface area contributed by atoms with Gasteiger partial charge in [0, 0.05) is 55.9 Å². The van der Waals surface area contributed by atoms with Crippen molar-refractivity contribution in [3.05, 3.63) is 90.3 Å². The van der Waals surface area contributed by atoms with Gasteiger partial charge in [-0.15, -0.1) is 11.7 Å². The molecular formula is C30H33N5O4. The molecule has 9 heteroatoms. The summed E-state index contributed by atoms with van der Waals surface area (Å²) in [4.78, 5) is 29.9. The first-order valence-corrected chi connectivity index (χ1v) is 13.3. The normalized spacial score (nSPS) is 19.5. The second-order valence-electron chi connectivity index (χ2n) is 9.98. The fourth-order valence-corrected chi connectivity index (χ4v) is 5.42. The second-order valence-corrected chi connectivity index (χ2v) is 9.98. The zero-order chi connectivity index (χ0) is 27.6. The molecule has 0 radical (unpaired) electrons. The predicted octanol–water partition coefficient (Wildman–Crippen LogP) is 3.43. The highest BCUT2D eigenvalue weighted by atomic mass is 16.3. The molecule has 0 aliphatic carbocycles. The van der Waals surface area contributed by atoms with Gasteiger partial charge in [0.25, 0.3) is 5.91 Å². The molecule has 2 aliphatic heterocycles. The summed E-state index contributed by atoms with van der Waals surface area (Å²) in [7, 11) is 0. The molecule has 0 bridgehead atoms. The van der Waals surface area contributed by atoms with Gasteiger partial charge in [0.15, 0.2) is 5.60 Å². The highest BCUT2D eigenvalue weighted by Crippen LogP contribution is 2.47. The zero-order valence-electron chi connectivity index (χ0n) is 22.0. The van der Waals surface area contributed by atoms with Crippen LogP contribution in [-0.2, 0) is 34.6 Å². The van der Waals surface area contributed by atoms with Gasteiger partial charge in [-0.3, -0.25) is 19.2 Å². The Balaban J connectivity index is 1.44. The number of anilines is 3. The minimum atomic E-state index is -1.80. The molecule has 202 valence electrons. The molecule has 0 saturated heterocycles. The van der Waals surface area contributed by atoms with Gasteiger partial charge >= 0.3 is 0 Å². The lowest BCUT2D eigenvalue weighted by atomic mass is 9.82. The van der Waals surface area contributed by atoms with Gasteiger partial charge in [-0.2, -0.15) is 0 Å². The molecule has 39 heavy (non-hydrogen) atoms. The number of aliphatic hydroxyl groups is 2. The van der Waals surface area contributed by atoms with Crippen LogP contribution in [0.2, 0.25) is 0 Å². The summed E-state index contributed by atoms with van der Waals surface area (Å²) in [6.45, 7) is 6.46. The van der Waals surface area contributed by atoms with E-state index in [0.29, 0.717) is 49.2 Å². The highest BCUT2D eigenvalue weighted by Gasteiger charge is 2.52. The van der Waals surface area contributed by atoms with Crippen LogP contribution in [0.15, 0.2) is 73.5 Å². The molecular weight excluding hydrogens is 494 g/mol. The van der Waals surface area contributed by atoms with Gasteiger partial charge in [0.05, 0.1) is 17.1 Å². The number of para-hydroxylation sites is 1. The molecule has 0 fully saturated rings. The van der Waals surface area contributed by atoms with Crippen LogP contribution in [0, 0.1) is 5.92 Å². The number of aliphatic hydroxyl groups excluding tert-OH is 1. The van der Waals surface area contributed by atoms with Crippen LogP contribution < -0.4 is 9.80 Å². The van der Waals surface area contributed by atoms with Crippen molar-refractivity contribution in [3.8, 4) is 0 Å². The van der Waals surface area contributed by atoms with E-state index in [9.17, 15) is 14.7 Å². The van der Waals surface area contributed by atoms with Crippen molar-refractivity contribution >= 4 is 28.9 Å². The van der Waals surface area contributed by atoms with Gasteiger partial charge in [0.2, 0.25) is 5.91 Å². The molecule has 2 N–H and O–H groups in total. The Morgan fingerprint density at radius 3 is 2.77 bits per heavy atom. The SMILES string of the molecule is C=CCN1C(=O)[C@@](O)([C@@H](C)/C=C/CCn2cc(CCO)nn2)c2cc(N3C(=O)CCc4ccccc43)ccc21. The topological polar surface area (TPSA) is 112 Å². The maximum absolute atomic E-state index is 13.7. The summed E-state index contributed by atoms with van der Waals surface area (Å²) in [5, 5.41) is 29.1. The van der Waals surface area contributed by atoms with Crippen LogP contribution in [0.3, 0.4) is 0 Å². The monoisotopic (exact) mass is 527 g/mol. The van der Waals surface area contributed by atoms with E-state index >= 15 is 0 Å². The Bertz CT molecular complexity index is 1430. The Kier molecular flexibility index (Phi) is 7.45. The smallest absolute Gasteiger partial charge is 0.264 e. The van der Waals surface area contributed by atoms with E-state index in [1.54, 1.807) is 38.9 Å². The average molecular weight is 528 g/mol. The number of benzene rings is 2. The fraction of sp³-hybridized carbons (Fsp3) is 0.333. The summed E-state index contributed by atoms with van der Waals surface area (Å²) in [6.07, 6.45) is 9.36. The first kappa shape index (κ1) is 26.5. The van der Waals surface area contributed by atoms with E-state index in [2.05, 4.69) is 16.9 Å². The summed E-state index contributed by atoms with van der Waals surface area (Å²) in [5.41, 5.74) is 2.55. The van der Waals surface area contributed by atoms with E-state index in [1.165, 1.54) is 0 Å². The van der Waals surface area contributed by atoms with Gasteiger partial charge in [-0.25, -0.2) is 0 Å². The van der Waals surface area contributed by atoms with Crippen LogP contribution in [0.1, 0.15) is 36.6 Å². The summed E-state index contributed by atoms with van der Waals surface area (Å²) >= 11 is 0. The number of fused-ring (bicyclic) bond motifs is 2. The number of hydrogen-bond donors (Lipinski definition) is 2. The van der Waals surface area contributed by atoms with Crippen molar-refractivity contribution in [1.82, 2.24) is 15.0 Å².